The summed E-state index contributed by atoms with van der Waals surface area (Å²) in [6, 6.07) is 11.7. The van der Waals surface area contributed by atoms with Crippen molar-refractivity contribution in [2.75, 3.05) is 6.61 Å². The molecular weight excluding hydrogens is 288 g/mol. The first-order valence-corrected chi connectivity index (χ1v) is 7.78. The van der Waals surface area contributed by atoms with E-state index in [4.69, 9.17) is 4.74 Å². The molecule has 2 heterocycles. The second-order valence-electron chi connectivity index (χ2n) is 5.42. The molecule has 0 aliphatic heterocycles. The van der Waals surface area contributed by atoms with Crippen LogP contribution < -0.4 is 4.74 Å². The SMILES string of the molecule is CCCOc1ccccc1N=Nc1c(C)nc2c(C)cccn12. The first-order chi connectivity index (χ1) is 11.2. The number of pyridine rings is 1. The Hall–Kier alpha value is -2.69. The van der Waals surface area contributed by atoms with E-state index in [1.807, 2.05) is 60.8 Å². The number of hydrogen-bond acceptors (Lipinski definition) is 4. The molecule has 118 valence electrons. The second kappa shape index (κ2) is 6.60. The Labute approximate surface area is 135 Å². The van der Waals surface area contributed by atoms with Crippen molar-refractivity contribution in [1.29, 1.82) is 0 Å². The minimum atomic E-state index is 0.667. The van der Waals surface area contributed by atoms with E-state index in [-0.39, 0.29) is 0 Å². The van der Waals surface area contributed by atoms with Gasteiger partial charge in [0.25, 0.3) is 0 Å². The van der Waals surface area contributed by atoms with Gasteiger partial charge < -0.3 is 4.74 Å². The fraction of sp³-hybridized carbons (Fsp3) is 0.278. The third-order valence-corrected chi connectivity index (χ3v) is 3.57. The van der Waals surface area contributed by atoms with Crippen LogP contribution in [-0.2, 0) is 0 Å². The van der Waals surface area contributed by atoms with Crippen LogP contribution >= 0.6 is 0 Å². The number of ether oxygens (including phenoxy) is 1. The van der Waals surface area contributed by atoms with Crippen molar-refractivity contribution in [3.63, 3.8) is 0 Å². The van der Waals surface area contributed by atoms with Gasteiger partial charge in [0.15, 0.2) is 5.82 Å². The van der Waals surface area contributed by atoms with E-state index >= 15 is 0 Å². The van der Waals surface area contributed by atoms with Crippen LogP contribution in [0.25, 0.3) is 5.65 Å². The van der Waals surface area contributed by atoms with E-state index in [0.29, 0.717) is 6.61 Å². The lowest BCUT2D eigenvalue weighted by molar-refractivity contribution is 0.318. The van der Waals surface area contributed by atoms with E-state index in [1.165, 1.54) is 0 Å². The van der Waals surface area contributed by atoms with Gasteiger partial charge in [-0.2, -0.15) is 0 Å². The maximum Gasteiger partial charge on any atom is 0.182 e. The molecule has 23 heavy (non-hydrogen) atoms. The predicted molar refractivity (Wildman–Crippen MR) is 91.1 cm³/mol. The van der Waals surface area contributed by atoms with Crippen LogP contribution in [-0.4, -0.2) is 16.0 Å². The summed E-state index contributed by atoms with van der Waals surface area (Å²) in [4.78, 5) is 4.57. The summed E-state index contributed by atoms with van der Waals surface area (Å²) >= 11 is 0. The van der Waals surface area contributed by atoms with E-state index in [9.17, 15) is 0 Å². The fourth-order valence-electron chi connectivity index (χ4n) is 2.40. The topological polar surface area (TPSA) is 51.2 Å². The van der Waals surface area contributed by atoms with Gasteiger partial charge in [-0.1, -0.05) is 25.1 Å². The zero-order valence-electron chi connectivity index (χ0n) is 13.7. The maximum absolute atomic E-state index is 5.72. The van der Waals surface area contributed by atoms with Gasteiger partial charge >= 0.3 is 0 Å². The standard InChI is InChI=1S/C18H20N4O/c1-4-12-23-16-10-6-5-9-15(16)20-21-18-14(3)19-17-13(2)8-7-11-22(17)18/h5-11H,4,12H2,1-3H3. The molecule has 5 heteroatoms. The number of imidazole rings is 1. The maximum atomic E-state index is 5.72. The molecular formula is C18H20N4O. The van der Waals surface area contributed by atoms with Gasteiger partial charge in [0.05, 0.1) is 12.3 Å². The third-order valence-electron chi connectivity index (χ3n) is 3.57. The molecule has 0 bridgehead atoms. The summed E-state index contributed by atoms with van der Waals surface area (Å²) in [5, 5.41) is 8.80. The van der Waals surface area contributed by atoms with Crippen molar-refractivity contribution in [3.05, 3.63) is 53.9 Å². The highest BCUT2D eigenvalue weighted by Crippen LogP contribution is 2.30. The summed E-state index contributed by atoms with van der Waals surface area (Å²) in [5.74, 6) is 1.50. The number of rotatable bonds is 5. The number of para-hydroxylation sites is 1. The Bertz CT molecular complexity index is 851. The van der Waals surface area contributed by atoms with Gasteiger partial charge in [0, 0.05) is 6.20 Å². The van der Waals surface area contributed by atoms with Crippen LogP contribution in [0.5, 0.6) is 5.75 Å². The van der Waals surface area contributed by atoms with Crippen molar-refractivity contribution in [2.24, 2.45) is 10.2 Å². The van der Waals surface area contributed by atoms with E-state index in [0.717, 1.165) is 40.6 Å². The van der Waals surface area contributed by atoms with E-state index in [1.54, 1.807) is 0 Å². The molecule has 3 aromatic rings. The van der Waals surface area contributed by atoms with Crippen LogP contribution in [0.1, 0.15) is 24.6 Å². The van der Waals surface area contributed by atoms with Crippen molar-refractivity contribution in [2.45, 2.75) is 27.2 Å². The van der Waals surface area contributed by atoms with Crippen LogP contribution in [0.15, 0.2) is 52.8 Å². The Kier molecular flexibility index (Phi) is 4.37. The van der Waals surface area contributed by atoms with E-state index < -0.39 is 0 Å². The molecule has 5 nitrogen and oxygen atoms in total. The Morgan fingerprint density at radius 3 is 2.74 bits per heavy atom. The molecule has 3 rings (SSSR count). The molecule has 2 aromatic heterocycles. The smallest absolute Gasteiger partial charge is 0.182 e. The molecule has 0 unspecified atom stereocenters. The highest BCUT2D eigenvalue weighted by molar-refractivity contribution is 5.57. The van der Waals surface area contributed by atoms with Gasteiger partial charge in [0.1, 0.15) is 17.1 Å². The molecule has 0 amide bonds. The van der Waals surface area contributed by atoms with Crippen molar-refractivity contribution >= 4 is 17.2 Å². The molecule has 0 saturated carbocycles. The van der Waals surface area contributed by atoms with Crippen LogP contribution in [0.3, 0.4) is 0 Å². The lowest BCUT2D eigenvalue weighted by Crippen LogP contribution is -1.94. The van der Waals surface area contributed by atoms with Crippen LogP contribution in [0.4, 0.5) is 11.5 Å². The predicted octanol–water partition coefficient (Wildman–Crippen LogP) is 5.16. The summed E-state index contributed by atoms with van der Waals surface area (Å²) in [6.45, 7) is 6.73. The molecule has 1 aromatic carbocycles. The highest BCUT2D eigenvalue weighted by atomic mass is 16.5. The van der Waals surface area contributed by atoms with Crippen molar-refractivity contribution in [3.8, 4) is 5.75 Å². The van der Waals surface area contributed by atoms with Crippen LogP contribution in [0, 0.1) is 13.8 Å². The molecule has 0 fully saturated rings. The lowest BCUT2D eigenvalue weighted by Gasteiger charge is -2.06. The van der Waals surface area contributed by atoms with Gasteiger partial charge in [-0.15, -0.1) is 10.2 Å². The number of azo groups is 1. The molecule has 0 radical (unpaired) electrons. The van der Waals surface area contributed by atoms with E-state index in [2.05, 4.69) is 22.1 Å². The minimum absolute atomic E-state index is 0.667. The first-order valence-electron chi connectivity index (χ1n) is 7.78. The van der Waals surface area contributed by atoms with Gasteiger partial charge in [-0.3, -0.25) is 4.40 Å². The van der Waals surface area contributed by atoms with Gasteiger partial charge in [0.2, 0.25) is 0 Å². The summed E-state index contributed by atoms with van der Waals surface area (Å²) in [5.41, 5.74) is 3.61. The number of aryl methyl sites for hydroxylation is 2. The first kappa shape index (κ1) is 15.2. The quantitative estimate of drug-likeness (QED) is 0.612. The summed E-state index contributed by atoms with van der Waals surface area (Å²) < 4.78 is 7.68. The Morgan fingerprint density at radius 1 is 1.09 bits per heavy atom. The highest BCUT2D eigenvalue weighted by Gasteiger charge is 2.10. The molecule has 0 atom stereocenters. The van der Waals surface area contributed by atoms with Crippen molar-refractivity contribution < 1.29 is 4.74 Å². The minimum Gasteiger partial charge on any atom is -0.491 e. The zero-order valence-corrected chi connectivity index (χ0v) is 13.7. The van der Waals surface area contributed by atoms with Gasteiger partial charge in [-0.25, -0.2) is 4.98 Å². The van der Waals surface area contributed by atoms with Gasteiger partial charge in [-0.05, 0) is 44.0 Å². The number of benzene rings is 1. The lowest BCUT2D eigenvalue weighted by atomic mass is 10.3. The number of nitrogens with zero attached hydrogens (tertiary/aromatic N) is 4. The zero-order chi connectivity index (χ0) is 16.2. The molecule has 0 aliphatic carbocycles. The molecule has 0 spiro atoms. The van der Waals surface area contributed by atoms with Crippen molar-refractivity contribution in [1.82, 2.24) is 9.38 Å². The fourth-order valence-corrected chi connectivity index (χ4v) is 2.40. The normalized spacial score (nSPS) is 11.4. The third kappa shape index (κ3) is 3.08. The molecule has 0 aliphatic rings. The number of aromatic nitrogens is 2. The molecule has 0 N–H and O–H groups in total. The summed E-state index contributed by atoms with van der Waals surface area (Å²) in [6.07, 6.45) is 2.91. The number of fused-ring (bicyclic) bond motifs is 1. The second-order valence-corrected chi connectivity index (χ2v) is 5.42. The number of hydrogen-bond donors (Lipinski definition) is 0. The summed E-state index contributed by atoms with van der Waals surface area (Å²) in [7, 11) is 0. The van der Waals surface area contributed by atoms with Crippen LogP contribution in [0.2, 0.25) is 0 Å². The largest absolute Gasteiger partial charge is 0.491 e. The average molecular weight is 308 g/mol. The molecule has 0 saturated heterocycles. The Morgan fingerprint density at radius 2 is 1.91 bits per heavy atom. The average Bonchev–Trinajstić information content (AvgIpc) is 2.89. The Balaban J connectivity index is 1.98. The monoisotopic (exact) mass is 308 g/mol.